The quantitative estimate of drug-likeness (QED) is 0.632. The first-order valence-corrected chi connectivity index (χ1v) is 8.56. The lowest BCUT2D eigenvalue weighted by Gasteiger charge is -2.12. The number of ether oxygens (including phenoxy) is 2. The maximum atomic E-state index is 12.2. The third-order valence-corrected chi connectivity index (χ3v) is 3.82. The minimum Gasteiger partial charge on any atom is -0.493 e. The summed E-state index contributed by atoms with van der Waals surface area (Å²) >= 11 is 5.87. The van der Waals surface area contributed by atoms with Crippen molar-refractivity contribution in [2.24, 2.45) is 0 Å². The highest BCUT2D eigenvalue weighted by molar-refractivity contribution is 6.30. The van der Waals surface area contributed by atoms with E-state index < -0.39 is 0 Å². The van der Waals surface area contributed by atoms with Crippen molar-refractivity contribution < 1.29 is 14.3 Å². The fraction of sp³-hybridized carbons (Fsp3) is 0.316. The molecule has 2 N–H and O–H groups in total. The number of nitrogens with one attached hydrogen (secondary N) is 2. The molecule has 0 bridgehead atoms. The molecule has 5 nitrogen and oxygen atoms in total. The lowest BCUT2D eigenvalue weighted by Crippen LogP contribution is -2.31. The molecule has 2 aromatic carbocycles. The van der Waals surface area contributed by atoms with Gasteiger partial charge in [0.1, 0.15) is 6.61 Å². The summed E-state index contributed by atoms with van der Waals surface area (Å²) in [4.78, 5) is 12.2. The number of amides is 1. The van der Waals surface area contributed by atoms with Crippen LogP contribution in [0, 0.1) is 0 Å². The van der Waals surface area contributed by atoms with Crippen LogP contribution < -0.4 is 20.1 Å². The molecule has 0 fully saturated rings. The molecule has 0 spiro atoms. The molecule has 0 atom stereocenters. The van der Waals surface area contributed by atoms with E-state index in [-0.39, 0.29) is 18.3 Å². The second kappa shape index (κ2) is 11.6. The van der Waals surface area contributed by atoms with E-state index >= 15 is 0 Å². The van der Waals surface area contributed by atoms with Crippen molar-refractivity contribution in [3.05, 3.63) is 58.6 Å². The molecule has 0 aliphatic carbocycles. The Morgan fingerprint density at radius 2 is 1.81 bits per heavy atom. The average Bonchev–Trinajstić information content (AvgIpc) is 2.64. The number of benzene rings is 2. The molecular formula is C19H24Cl2N2O3. The summed E-state index contributed by atoms with van der Waals surface area (Å²) in [6.45, 7) is 4.60. The number of halogens is 2. The van der Waals surface area contributed by atoms with Gasteiger partial charge in [-0.15, -0.1) is 12.4 Å². The Balaban J connectivity index is 0.00000338. The standard InChI is InChI=1S/C19H23ClN2O3.ClH/c1-3-21-10-11-22-19(23)15-6-9-17(18(12-15)24-2)25-13-14-4-7-16(20)8-5-14;/h4-9,12,21H,3,10-11,13H2,1-2H3,(H,22,23);1H. The monoisotopic (exact) mass is 398 g/mol. The van der Waals surface area contributed by atoms with Crippen molar-refractivity contribution in [2.75, 3.05) is 26.7 Å². The van der Waals surface area contributed by atoms with Crippen LogP contribution in [0.3, 0.4) is 0 Å². The minimum atomic E-state index is -0.138. The van der Waals surface area contributed by atoms with Gasteiger partial charge < -0.3 is 20.1 Å². The van der Waals surface area contributed by atoms with E-state index in [0.717, 1.165) is 18.7 Å². The highest BCUT2D eigenvalue weighted by atomic mass is 35.5. The lowest BCUT2D eigenvalue weighted by molar-refractivity contribution is 0.0953. The van der Waals surface area contributed by atoms with Gasteiger partial charge in [-0.3, -0.25) is 4.79 Å². The van der Waals surface area contributed by atoms with Crippen LogP contribution in [-0.4, -0.2) is 32.7 Å². The van der Waals surface area contributed by atoms with Crippen LogP contribution in [0.2, 0.25) is 5.02 Å². The third-order valence-electron chi connectivity index (χ3n) is 3.57. The summed E-state index contributed by atoms with van der Waals surface area (Å²) in [6.07, 6.45) is 0. The molecular weight excluding hydrogens is 375 g/mol. The SMILES string of the molecule is CCNCCNC(=O)c1ccc(OCc2ccc(Cl)cc2)c(OC)c1.Cl. The predicted molar refractivity (Wildman–Crippen MR) is 107 cm³/mol. The first-order valence-electron chi connectivity index (χ1n) is 8.18. The predicted octanol–water partition coefficient (Wildman–Crippen LogP) is 3.69. The van der Waals surface area contributed by atoms with Gasteiger partial charge in [-0.25, -0.2) is 0 Å². The molecule has 0 aliphatic heterocycles. The van der Waals surface area contributed by atoms with Gasteiger partial charge >= 0.3 is 0 Å². The van der Waals surface area contributed by atoms with Crippen LogP contribution in [0.4, 0.5) is 0 Å². The zero-order chi connectivity index (χ0) is 18.1. The van der Waals surface area contributed by atoms with Gasteiger partial charge in [0.15, 0.2) is 11.5 Å². The third kappa shape index (κ3) is 6.75. The lowest BCUT2D eigenvalue weighted by atomic mass is 10.2. The summed E-state index contributed by atoms with van der Waals surface area (Å²) in [5, 5.41) is 6.70. The van der Waals surface area contributed by atoms with Gasteiger partial charge in [0, 0.05) is 23.7 Å². The van der Waals surface area contributed by atoms with Crippen LogP contribution in [0.15, 0.2) is 42.5 Å². The number of hydrogen-bond donors (Lipinski definition) is 2. The normalized spacial score (nSPS) is 9.96. The van der Waals surface area contributed by atoms with Crippen LogP contribution in [0.1, 0.15) is 22.8 Å². The molecule has 7 heteroatoms. The second-order valence-electron chi connectivity index (χ2n) is 5.39. The van der Waals surface area contributed by atoms with Crippen molar-refractivity contribution in [2.45, 2.75) is 13.5 Å². The van der Waals surface area contributed by atoms with E-state index in [9.17, 15) is 4.79 Å². The topological polar surface area (TPSA) is 59.6 Å². The summed E-state index contributed by atoms with van der Waals surface area (Å²) in [6, 6.07) is 12.6. The summed E-state index contributed by atoms with van der Waals surface area (Å²) in [5.74, 6) is 0.968. The molecule has 2 aromatic rings. The highest BCUT2D eigenvalue weighted by Crippen LogP contribution is 2.29. The number of carbonyl (C=O) groups is 1. The Morgan fingerprint density at radius 1 is 1.08 bits per heavy atom. The van der Waals surface area contributed by atoms with Gasteiger partial charge in [-0.05, 0) is 42.4 Å². The van der Waals surface area contributed by atoms with E-state index in [1.54, 1.807) is 25.3 Å². The Morgan fingerprint density at radius 3 is 2.46 bits per heavy atom. The number of likely N-dealkylation sites (N-methyl/N-ethyl adjacent to an activating group) is 1. The first kappa shape index (κ1) is 22.1. The molecule has 0 radical (unpaired) electrons. The van der Waals surface area contributed by atoms with E-state index in [1.807, 2.05) is 31.2 Å². The molecule has 26 heavy (non-hydrogen) atoms. The van der Waals surface area contributed by atoms with Crippen molar-refractivity contribution in [3.63, 3.8) is 0 Å². The van der Waals surface area contributed by atoms with Gasteiger partial charge in [-0.2, -0.15) is 0 Å². The van der Waals surface area contributed by atoms with Crippen molar-refractivity contribution in [1.29, 1.82) is 0 Å². The van der Waals surface area contributed by atoms with E-state index in [4.69, 9.17) is 21.1 Å². The number of rotatable bonds is 9. The zero-order valence-corrected chi connectivity index (χ0v) is 16.5. The maximum Gasteiger partial charge on any atom is 0.251 e. The highest BCUT2D eigenvalue weighted by Gasteiger charge is 2.11. The fourth-order valence-electron chi connectivity index (χ4n) is 2.21. The Labute approximate surface area is 165 Å². The van der Waals surface area contributed by atoms with Crippen LogP contribution in [0.25, 0.3) is 0 Å². The Bertz CT molecular complexity index is 694. The number of hydrogen-bond acceptors (Lipinski definition) is 4. The van der Waals surface area contributed by atoms with Gasteiger partial charge in [0.05, 0.1) is 7.11 Å². The van der Waals surface area contributed by atoms with E-state index in [1.165, 1.54) is 0 Å². The zero-order valence-electron chi connectivity index (χ0n) is 14.9. The van der Waals surface area contributed by atoms with Gasteiger partial charge in [0.25, 0.3) is 5.91 Å². The Hall–Kier alpha value is -1.95. The maximum absolute atomic E-state index is 12.2. The molecule has 0 unspecified atom stereocenters. The first-order chi connectivity index (χ1) is 12.1. The molecule has 0 saturated carbocycles. The molecule has 0 saturated heterocycles. The minimum absolute atomic E-state index is 0. The molecule has 142 valence electrons. The Kier molecular flexibility index (Phi) is 9.88. The molecule has 0 aromatic heterocycles. The van der Waals surface area contributed by atoms with E-state index in [0.29, 0.717) is 35.2 Å². The molecule has 0 aliphatic rings. The second-order valence-corrected chi connectivity index (χ2v) is 5.83. The van der Waals surface area contributed by atoms with Crippen molar-refractivity contribution >= 4 is 29.9 Å². The molecule has 0 heterocycles. The largest absolute Gasteiger partial charge is 0.493 e. The van der Waals surface area contributed by atoms with Crippen LogP contribution >= 0.6 is 24.0 Å². The summed E-state index contributed by atoms with van der Waals surface area (Å²) in [5.41, 5.74) is 1.53. The van der Waals surface area contributed by atoms with E-state index in [2.05, 4.69) is 10.6 Å². The average molecular weight is 399 g/mol. The molecule has 1 amide bonds. The number of carbonyl (C=O) groups excluding carboxylic acids is 1. The molecule has 2 rings (SSSR count). The van der Waals surface area contributed by atoms with Crippen LogP contribution in [-0.2, 0) is 6.61 Å². The van der Waals surface area contributed by atoms with Crippen molar-refractivity contribution in [3.8, 4) is 11.5 Å². The fourth-order valence-corrected chi connectivity index (χ4v) is 2.34. The van der Waals surface area contributed by atoms with Crippen LogP contribution in [0.5, 0.6) is 11.5 Å². The van der Waals surface area contributed by atoms with Crippen molar-refractivity contribution in [1.82, 2.24) is 10.6 Å². The summed E-state index contributed by atoms with van der Waals surface area (Å²) in [7, 11) is 1.55. The summed E-state index contributed by atoms with van der Waals surface area (Å²) < 4.78 is 11.1. The van der Waals surface area contributed by atoms with Gasteiger partial charge in [0.2, 0.25) is 0 Å². The number of methoxy groups -OCH3 is 1. The van der Waals surface area contributed by atoms with Gasteiger partial charge in [-0.1, -0.05) is 30.7 Å². The smallest absolute Gasteiger partial charge is 0.251 e.